The van der Waals surface area contributed by atoms with E-state index in [1.807, 2.05) is 0 Å². The maximum absolute atomic E-state index is 14.1. The average Bonchev–Trinajstić information content (AvgIpc) is 2.73. The molecule has 0 aliphatic rings. The third-order valence-corrected chi connectivity index (χ3v) is 3.19. The van der Waals surface area contributed by atoms with E-state index in [-0.39, 0.29) is 12.2 Å². The third-order valence-electron chi connectivity index (χ3n) is 3.19. The van der Waals surface area contributed by atoms with E-state index in [0.29, 0.717) is 16.6 Å². The van der Waals surface area contributed by atoms with Gasteiger partial charge in [0.2, 0.25) is 0 Å². The van der Waals surface area contributed by atoms with Gasteiger partial charge in [0, 0.05) is 22.2 Å². The van der Waals surface area contributed by atoms with Crippen LogP contribution in [0.4, 0.5) is 8.78 Å². The predicted octanol–water partition coefficient (Wildman–Crippen LogP) is 2.67. The van der Waals surface area contributed by atoms with E-state index in [4.69, 9.17) is 5.73 Å². The number of benzene rings is 1. The van der Waals surface area contributed by atoms with Gasteiger partial charge in [-0.1, -0.05) is 18.2 Å². The molecule has 0 saturated heterocycles. The zero-order valence-electron chi connectivity index (χ0n) is 11.2. The Kier molecular flexibility index (Phi) is 3.76. The number of esters is 1. The number of fused-ring (bicyclic) bond motifs is 1. The lowest BCUT2D eigenvalue weighted by atomic mass is 9.98. The Labute approximate surface area is 114 Å². The SMILES string of the molecule is CCOC(=O)C(F)(F)[C@@H](N)c1c(C)[nH]c2ccccc12. The molecule has 4 nitrogen and oxygen atoms in total. The van der Waals surface area contributed by atoms with Gasteiger partial charge < -0.3 is 15.5 Å². The molecule has 0 saturated carbocycles. The molecule has 0 unspecified atom stereocenters. The number of nitrogens with two attached hydrogens (primary N) is 1. The molecule has 0 fully saturated rings. The number of halogens is 2. The summed E-state index contributed by atoms with van der Waals surface area (Å²) in [5.74, 6) is -5.37. The number of H-pyrrole nitrogens is 1. The second-order valence-electron chi connectivity index (χ2n) is 4.53. The molecule has 1 atom stereocenters. The Hall–Kier alpha value is -1.95. The van der Waals surface area contributed by atoms with Crippen LogP contribution in [0.2, 0.25) is 0 Å². The first kappa shape index (κ1) is 14.5. The molecule has 1 aromatic heterocycles. The number of aromatic amines is 1. The smallest absolute Gasteiger partial charge is 0.379 e. The minimum absolute atomic E-state index is 0.117. The van der Waals surface area contributed by atoms with Crippen molar-refractivity contribution in [3.8, 4) is 0 Å². The van der Waals surface area contributed by atoms with Gasteiger partial charge in [-0.05, 0) is 19.9 Å². The number of hydrogen-bond acceptors (Lipinski definition) is 3. The highest BCUT2D eigenvalue weighted by atomic mass is 19.3. The van der Waals surface area contributed by atoms with Crippen LogP contribution in [0.5, 0.6) is 0 Å². The largest absolute Gasteiger partial charge is 0.462 e. The summed E-state index contributed by atoms with van der Waals surface area (Å²) in [7, 11) is 0. The number of hydrogen-bond donors (Lipinski definition) is 2. The Morgan fingerprint density at radius 1 is 1.45 bits per heavy atom. The molecule has 2 rings (SSSR count). The molecule has 20 heavy (non-hydrogen) atoms. The Balaban J connectivity index is 2.48. The van der Waals surface area contributed by atoms with Gasteiger partial charge in [0.1, 0.15) is 6.04 Å². The van der Waals surface area contributed by atoms with E-state index < -0.39 is 17.9 Å². The first-order valence-corrected chi connectivity index (χ1v) is 6.27. The van der Waals surface area contributed by atoms with Crippen LogP contribution in [-0.2, 0) is 9.53 Å². The molecular formula is C14H16F2N2O2. The van der Waals surface area contributed by atoms with Gasteiger partial charge in [0.15, 0.2) is 0 Å². The van der Waals surface area contributed by atoms with Crippen molar-refractivity contribution in [3.63, 3.8) is 0 Å². The van der Waals surface area contributed by atoms with Crippen LogP contribution in [0.15, 0.2) is 24.3 Å². The van der Waals surface area contributed by atoms with Crippen LogP contribution < -0.4 is 5.73 Å². The maximum Gasteiger partial charge on any atom is 0.379 e. The van der Waals surface area contributed by atoms with Crippen molar-refractivity contribution in [3.05, 3.63) is 35.5 Å². The zero-order chi connectivity index (χ0) is 14.9. The van der Waals surface area contributed by atoms with Crippen molar-refractivity contribution in [2.45, 2.75) is 25.8 Å². The average molecular weight is 282 g/mol. The summed E-state index contributed by atoms with van der Waals surface area (Å²) in [6.45, 7) is 3.00. The van der Waals surface area contributed by atoms with E-state index >= 15 is 0 Å². The van der Waals surface area contributed by atoms with E-state index in [2.05, 4.69) is 9.72 Å². The number of nitrogens with one attached hydrogen (secondary N) is 1. The fourth-order valence-electron chi connectivity index (χ4n) is 2.23. The van der Waals surface area contributed by atoms with Crippen LogP contribution in [0.3, 0.4) is 0 Å². The number of rotatable bonds is 4. The topological polar surface area (TPSA) is 68.1 Å². The highest BCUT2D eigenvalue weighted by molar-refractivity contribution is 5.87. The lowest BCUT2D eigenvalue weighted by molar-refractivity contribution is -0.174. The monoisotopic (exact) mass is 282 g/mol. The Morgan fingerprint density at radius 3 is 2.75 bits per heavy atom. The van der Waals surface area contributed by atoms with Crippen LogP contribution in [0, 0.1) is 6.92 Å². The Morgan fingerprint density at radius 2 is 2.10 bits per heavy atom. The summed E-state index contributed by atoms with van der Waals surface area (Å²) in [5, 5.41) is 0.585. The molecule has 0 aliphatic carbocycles. The number of para-hydroxylation sites is 1. The summed E-state index contributed by atoms with van der Waals surface area (Å²) in [5.41, 5.74) is 7.10. The first-order chi connectivity index (χ1) is 9.39. The Bertz CT molecular complexity index is 637. The van der Waals surface area contributed by atoms with Crippen molar-refractivity contribution < 1.29 is 18.3 Å². The highest BCUT2D eigenvalue weighted by Crippen LogP contribution is 2.36. The molecule has 3 N–H and O–H groups in total. The number of carbonyl (C=O) groups is 1. The van der Waals surface area contributed by atoms with E-state index in [0.717, 1.165) is 0 Å². The third kappa shape index (κ3) is 2.27. The van der Waals surface area contributed by atoms with E-state index in [1.165, 1.54) is 6.92 Å². The lowest BCUT2D eigenvalue weighted by Crippen LogP contribution is -2.42. The first-order valence-electron chi connectivity index (χ1n) is 6.27. The normalized spacial score (nSPS) is 13.4. The zero-order valence-corrected chi connectivity index (χ0v) is 11.2. The van der Waals surface area contributed by atoms with Crippen LogP contribution in [0.1, 0.15) is 24.2 Å². The van der Waals surface area contributed by atoms with Gasteiger partial charge in [-0.15, -0.1) is 0 Å². The summed E-state index contributed by atoms with van der Waals surface area (Å²) in [4.78, 5) is 14.4. The number of aromatic nitrogens is 1. The van der Waals surface area contributed by atoms with Crippen molar-refractivity contribution in [1.82, 2.24) is 4.98 Å². The number of alkyl halides is 2. The van der Waals surface area contributed by atoms with Crippen molar-refractivity contribution >= 4 is 16.9 Å². The molecule has 0 spiro atoms. The van der Waals surface area contributed by atoms with Gasteiger partial charge in [0.05, 0.1) is 6.61 Å². The number of ether oxygens (including phenoxy) is 1. The predicted molar refractivity (Wildman–Crippen MR) is 71.5 cm³/mol. The highest BCUT2D eigenvalue weighted by Gasteiger charge is 2.49. The second kappa shape index (κ2) is 5.20. The fourth-order valence-corrected chi connectivity index (χ4v) is 2.23. The summed E-state index contributed by atoms with van der Waals surface area (Å²) < 4.78 is 32.5. The summed E-state index contributed by atoms with van der Waals surface area (Å²) >= 11 is 0. The molecular weight excluding hydrogens is 266 g/mol. The molecule has 6 heteroatoms. The molecule has 1 heterocycles. The van der Waals surface area contributed by atoms with Gasteiger partial charge in [-0.25, -0.2) is 4.79 Å². The van der Waals surface area contributed by atoms with Gasteiger partial charge in [-0.3, -0.25) is 0 Å². The summed E-state index contributed by atoms with van der Waals surface area (Å²) in [6, 6.07) is 5.22. The van der Waals surface area contributed by atoms with Crippen molar-refractivity contribution in [2.75, 3.05) is 6.61 Å². The number of aryl methyl sites for hydroxylation is 1. The molecule has 108 valence electrons. The van der Waals surface area contributed by atoms with Gasteiger partial charge in [-0.2, -0.15) is 8.78 Å². The van der Waals surface area contributed by atoms with Crippen molar-refractivity contribution in [2.24, 2.45) is 5.73 Å². The standard InChI is InChI=1S/C14H16F2N2O2/c1-3-20-13(19)14(15,16)12(17)11-8(2)18-10-7-5-4-6-9(10)11/h4-7,12,18H,3,17H2,1-2H3/t12-/m0/s1. The fraction of sp³-hybridized carbons (Fsp3) is 0.357. The molecule has 0 amide bonds. The lowest BCUT2D eigenvalue weighted by Gasteiger charge is -2.22. The number of carbonyl (C=O) groups excluding carboxylic acids is 1. The van der Waals surface area contributed by atoms with Gasteiger partial charge in [0.25, 0.3) is 0 Å². The quantitative estimate of drug-likeness (QED) is 0.847. The van der Waals surface area contributed by atoms with E-state index in [9.17, 15) is 13.6 Å². The van der Waals surface area contributed by atoms with Crippen LogP contribution in [0.25, 0.3) is 10.9 Å². The summed E-state index contributed by atoms with van der Waals surface area (Å²) in [6.07, 6.45) is 0. The minimum Gasteiger partial charge on any atom is -0.462 e. The van der Waals surface area contributed by atoms with E-state index in [1.54, 1.807) is 31.2 Å². The van der Waals surface area contributed by atoms with Crippen LogP contribution in [-0.4, -0.2) is 23.5 Å². The molecule has 1 aromatic carbocycles. The maximum atomic E-state index is 14.1. The van der Waals surface area contributed by atoms with Gasteiger partial charge >= 0.3 is 11.9 Å². The molecule has 0 aliphatic heterocycles. The van der Waals surface area contributed by atoms with Crippen LogP contribution >= 0.6 is 0 Å². The molecule has 0 radical (unpaired) electrons. The minimum atomic E-state index is -3.77. The molecule has 2 aromatic rings. The van der Waals surface area contributed by atoms with Crippen molar-refractivity contribution in [1.29, 1.82) is 0 Å². The molecule has 0 bridgehead atoms. The second-order valence-corrected chi connectivity index (χ2v) is 4.53.